The van der Waals surface area contributed by atoms with Crippen LogP contribution < -0.4 is 5.32 Å². The maximum atomic E-state index is 10.8. The maximum Gasteiger partial charge on any atom is 0.219 e. The maximum absolute atomic E-state index is 10.8. The molecule has 0 spiro atoms. The van der Waals surface area contributed by atoms with Gasteiger partial charge in [-0.1, -0.05) is 0 Å². The van der Waals surface area contributed by atoms with Gasteiger partial charge in [-0.2, -0.15) is 0 Å². The third-order valence-corrected chi connectivity index (χ3v) is 1.80. The number of carbonyl (C=O) groups is 1. The first-order chi connectivity index (χ1) is 6.06. The molecule has 0 aromatic heterocycles. The van der Waals surface area contributed by atoms with Gasteiger partial charge in [0, 0.05) is 20.0 Å². The van der Waals surface area contributed by atoms with Gasteiger partial charge in [0.15, 0.2) is 0 Å². The molecule has 0 aliphatic heterocycles. The highest BCUT2D eigenvalue weighted by molar-refractivity contribution is 5.75. The zero-order valence-electron chi connectivity index (χ0n) is 8.71. The van der Waals surface area contributed by atoms with E-state index in [1.165, 1.54) is 0 Å². The lowest BCUT2D eigenvalue weighted by atomic mass is 10.2. The second-order valence-corrected chi connectivity index (χ2v) is 3.39. The summed E-state index contributed by atoms with van der Waals surface area (Å²) in [4.78, 5) is 12.9. The molecule has 2 N–H and O–H groups in total. The van der Waals surface area contributed by atoms with Crippen molar-refractivity contribution in [2.24, 2.45) is 0 Å². The normalized spacial score (nSPS) is 13.0. The highest BCUT2D eigenvalue weighted by Gasteiger charge is 2.03. The van der Waals surface area contributed by atoms with Crippen LogP contribution in [-0.4, -0.2) is 49.2 Å². The van der Waals surface area contributed by atoms with Crippen molar-refractivity contribution in [2.45, 2.75) is 25.9 Å². The molecule has 1 amide bonds. The Morgan fingerprint density at radius 2 is 2.23 bits per heavy atom. The summed E-state index contributed by atoms with van der Waals surface area (Å²) in [7, 11) is 3.58. The Balaban J connectivity index is 3.36. The molecule has 1 unspecified atom stereocenters. The Labute approximate surface area is 79.9 Å². The van der Waals surface area contributed by atoms with Crippen molar-refractivity contribution >= 4 is 5.91 Å². The zero-order chi connectivity index (χ0) is 10.3. The highest BCUT2D eigenvalue weighted by atomic mass is 16.3. The largest absolute Gasteiger partial charge is 0.392 e. The molecule has 0 aliphatic rings. The number of aliphatic hydroxyl groups is 1. The summed E-state index contributed by atoms with van der Waals surface area (Å²) in [6.07, 6.45) is 1.09. The number of aliphatic hydroxyl groups excluding tert-OH is 1. The standard InChI is InChI=1S/C9H20N2O2/c1-8(12)7-11(3)6-4-5-9(13)10-2/h8,12H,4-7H2,1-3H3,(H,10,13). The van der Waals surface area contributed by atoms with Crippen LogP contribution in [0.3, 0.4) is 0 Å². The molecule has 4 nitrogen and oxygen atoms in total. The molecule has 0 aliphatic carbocycles. The van der Waals surface area contributed by atoms with Gasteiger partial charge in [-0.3, -0.25) is 4.79 Å². The average Bonchev–Trinajstić information content (AvgIpc) is 2.02. The van der Waals surface area contributed by atoms with Crippen LogP contribution in [0.15, 0.2) is 0 Å². The van der Waals surface area contributed by atoms with Crippen LogP contribution in [0.4, 0.5) is 0 Å². The fourth-order valence-corrected chi connectivity index (χ4v) is 1.18. The Morgan fingerprint density at radius 3 is 2.69 bits per heavy atom. The summed E-state index contributed by atoms with van der Waals surface area (Å²) in [6.45, 7) is 3.27. The Hall–Kier alpha value is -0.610. The predicted molar refractivity (Wildman–Crippen MR) is 52.5 cm³/mol. The first-order valence-corrected chi connectivity index (χ1v) is 4.63. The number of hydrogen-bond acceptors (Lipinski definition) is 3. The van der Waals surface area contributed by atoms with E-state index in [1.54, 1.807) is 14.0 Å². The molecule has 0 rings (SSSR count). The first-order valence-electron chi connectivity index (χ1n) is 4.63. The molecule has 0 aromatic carbocycles. The first kappa shape index (κ1) is 12.4. The lowest BCUT2D eigenvalue weighted by Crippen LogP contribution is -2.29. The van der Waals surface area contributed by atoms with Crippen LogP contribution in [0.1, 0.15) is 19.8 Å². The minimum absolute atomic E-state index is 0.0745. The van der Waals surface area contributed by atoms with Crippen molar-refractivity contribution in [3.05, 3.63) is 0 Å². The fourth-order valence-electron chi connectivity index (χ4n) is 1.18. The minimum atomic E-state index is -0.301. The lowest BCUT2D eigenvalue weighted by molar-refractivity contribution is -0.120. The van der Waals surface area contributed by atoms with Gasteiger partial charge < -0.3 is 15.3 Å². The lowest BCUT2D eigenvalue weighted by Gasteiger charge is -2.17. The predicted octanol–water partition coefficient (Wildman–Crippen LogP) is -0.175. The van der Waals surface area contributed by atoms with Gasteiger partial charge in [-0.15, -0.1) is 0 Å². The van der Waals surface area contributed by atoms with Crippen LogP contribution in [0.5, 0.6) is 0 Å². The molecule has 0 heterocycles. The number of hydrogen-bond donors (Lipinski definition) is 2. The third-order valence-electron chi connectivity index (χ3n) is 1.80. The summed E-state index contributed by atoms with van der Waals surface area (Å²) in [5.74, 6) is 0.0745. The van der Waals surface area contributed by atoms with Crippen LogP contribution in [0.2, 0.25) is 0 Å². The highest BCUT2D eigenvalue weighted by Crippen LogP contribution is 1.94. The van der Waals surface area contributed by atoms with Crippen LogP contribution in [0.25, 0.3) is 0 Å². The van der Waals surface area contributed by atoms with E-state index < -0.39 is 0 Å². The molecule has 0 fully saturated rings. The van der Waals surface area contributed by atoms with Gasteiger partial charge in [0.05, 0.1) is 6.10 Å². The van der Waals surface area contributed by atoms with Gasteiger partial charge >= 0.3 is 0 Å². The van der Waals surface area contributed by atoms with E-state index in [2.05, 4.69) is 5.32 Å². The molecule has 78 valence electrons. The van der Waals surface area contributed by atoms with Crippen molar-refractivity contribution < 1.29 is 9.90 Å². The molecule has 0 saturated heterocycles. The minimum Gasteiger partial charge on any atom is -0.392 e. The number of rotatable bonds is 6. The van der Waals surface area contributed by atoms with E-state index in [-0.39, 0.29) is 12.0 Å². The summed E-state index contributed by atoms with van der Waals surface area (Å²) in [5.41, 5.74) is 0. The van der Waals surface area contributed by atoms with E-state index >= 15 is 0 Å². The molecular weight excluding hydrogens is 168 g/mol. The average molecular weight is 188 g/mol. The van der Waals surface area contributed by atoms with Gasteiger partial charge in [-0.25, -0.2) is 0 Å². The van der Waals surface area contributed by atoms with Gasteiger partial charge in [0.25, 0.3) is 0 Å². The quantitative estimate of drug-likeness (QED) is 0.608. The molecule has 4 heteroatoms. The van der Waals surface area contributed by atoms with Crippen LogP contribution >= 0.6 is 0 Å². The van der Waals surface area contributed by atoms with Gasteiger partial charge in [-0.05, 0) is 26.9 Å². The Morgan fingerprint density at radius 1 is 1.62 bits per heavy atom. The van der Waals surface area contributed by atoms with E-state index in [4.69, 9.17) is 5.11 Å². The summed E-state index contributed by atoms with van der Waals surface area (Å²) in [6, 6.07) is 0. The topological polar surface area (TPSA) is 52.6 Å². The van der Waals surface area contributed by atoms with E-state index in [9.17, 15) is 4.79 Å². The van der Waals surface area contributed by atoms with Gasteiger partial charge in [0.2, 0.25) is 5.91 Å². The van der Waals surface area contributed by atoms with Crippen molar-refractivity contribution in [3.63, 3.8) is 0 Å². The number of likely N-dealkylation sites (N-methyl/N-ethyl adjacent to an activating group) is 1. The molecule has 13 heavy (non-hydrogen) atoms. The third kappa shape index (κ3) is 7.74. The molecule has 0 aromatic rings. The summed E-state index contributed by atoms with van der Waals surface area (Å²) >= 11 is 0. The van der Waals surface area contributed by atoms with E-state index in [0.717, 1.165) is 13.0 Å². The molecule has 1 atom stereocenters. The van der Waals surface area contributed by atoms with Crippen molar-refractivity contribution in [1.29, 1.82) is 0 Å². The number of carbonyl (C=O) groups excluding carboxylic acids is 1. The second-order valence-electron chi connectivity index (χ2n) is 3.39. The SMILES string of the molecule is CNC(=O)CCCN(C)CC(C)O. The number of nitrogens with zero attached hydrogens (tertiary/aromatic N) is 1. The summed E-state index contributed by atoms with van der Waals surface area (Å²) < 4.78 is 0. The fraction of sp³-hybridized carbons (Fsp3) is 0.889. The van der Waals surface area contributed by atoms with Crippen molar-refractivity contribution in [1.82, 2.24) is 10.2 Å². The Bertz CT molecular complexity index is 149. The van der Waals surface area contributed by atoms with Crippen molar-refractivity contribution in [2.75, 3.05) is 27.2 Å². The zero-order valence-corrected chi connectivity index (χ0v) is 8.71. The molecular formula is C9H20N2O2. The smallest absolute Gasteiger partial charge is 0.219 e. The number of amides is 1. The molecule has 0 radical (unpaired) electrons. The Kier molecular flexibility index (Phi) is 6.54. The second kappa shape index (κ2) is 6.86. The van der Waals surface area contributed by atoms with Crippen molar-refractivity contribution in [3.8, 4) is 0 Å². The van der Waals surface area contributed by atoms with E-state index in [1.807, 2.05) is 11.9 Å². The summed E-state index contributed by atoms with van der Waals surface area (Å²) in [5, 5.41) is 11.6. The van der Waals surface area contributed by atoms with Crippen LogP contribution in [-0.2, 0) is 4.79 Å². The number of nitrogens with one attached hydrogen (secondary N) is 1. The molecule has 0 saturated carbocycles. The van der Waals surface area contributed by atoms with Gasteiger partial charge in [0.1, 0.15) is 0 Å². The van der Waals surface area contributed by atoms with E-state index in [0.29, 0.717) is 13.0 Å². The molecule has 0 bridgehead atoms. The monoisotopic (exact) mass is 188 g/mol. The van der Waals surface area contributed by atoms with Crippen LogP contribution in [0, 0.1) is 0 Å².